The summed E-state index contributed by atoms with van der Waals surface area (Å²) in [6.07, 6.45) is 1.98. The third-order valence-corrected chi connectivity index (χ3v) is 8.38. The van der Waals surface area contributed by atoms with Crippen LogP contribution >= 0.6 is 0 Å². The molecule has 0 radical (unpaired) electrons. The maximum Gasteiger partial charge on any atom is 0.407 e. The van der Waals surface area contributed by atoms with Crippen LogP contribution in [0.3, 0.4) is 0 Å². The molecule has 10 heteroatoms. The lowest BCUT2D eigenvalue weighted by Gasteiger charge is -2.41. The first-order valence-corrected chi connectivity index (χ1v) is 13.6. The van der Waals surface area contributed by atoms with Crippen LogP contribution in [0.4, 0.5) is 16.3 Å². The molecule has 2 aliphatic heterocycles. The molecule has 3 heterocycles. The first-order valence-electron chi connectivity index (χ1n) is 13.6. The molecular formula is C29H33N7O3. The molecule has 1 aromatic heterocycles. The SMILES string of the molecule is N#CCC1CN(c2nc(OCC3(CN)CC3)nc3c2CCN(c2cccc4ccccc24)C3)CCN1C(=O)O. The quantitative estimate of drug-likeness (QED) is 0.474. The zero-order valence-corrected chi connectivity index (χ0v) is 21.9. The average Bonchev–Trinajstić information content (AvgIpc) is 3.75. The molecule has 6 rings (SSSR count). The molecule has 10 nitrogen and oxygen atoms in total. The van der Waals surface area contributed by atoms with Crippen LogP contribution in [-0.4, -0.2) is 71.4 Å². The van der Waals surface area contributed by atoms with Crippen molar-refractivity contribution in [3.05, 3.63) is 53.7 Å². The molecule has 1 saturated carbocycles. The minimum absolute atomic E-state index is 0.0133. The monoisotopic (exact) mass is 527 g/mol. The molecule has 2 fully saturated rings. The van der Waals surface area contributed by atoms with E-state index >= 15 is 0 Å². The van der Waals surface area contributed by atoms with Crippen LogP contribution in [0.15, 0.2) is 42.5 Å². The normalized spacial score (nSPS) is 19.9. The summed E-state index contributed by atoms with van der Waals surface area (Å²) in [5.74, 6) is 0.790. The largest absolute Gasteiger partial charge is 0.465 e. The van der Waals surface area contributed by atoms with E-state index in [4.69, 9.17) is 20.4 Å². The van der Waals surface area contributed by atoms with Gasteiger partial charge in [-0.2, -0.15) is 15.2 Å². The topological polar surface area (TPSA) is 132 Å². The first kappa shape index (κ1) is 25.2. The Morgan fingerprint density at radius 1 is 1.13 bits per heavy atom. The molecule has 2 aromatic carbocycles. The number of aromatic nitrogens is 2. The highest BCUT2D eigenvalue weighted by Crippen LogP contribution is 2.44. The van der Waals surface area contributed by atoms with Gasteiger partial charge in [-0.05, 0) is 30.7 Å². The van der Waals surface area contributed by atoms with Gasteiger partial charge in [-0.1, -0.05) is 36.4 Å². The number of nitriles is 1. The molecule has 1 unspecified atom stereocenters. The lowest BCUT2D eigenvalue weighted by Crippen LogP contribution is -2.55. The molecule has 39 heavy (non-hydrogen) atoms. The summed E-state index contributed by atoms with van der Waals surface area (Å²) in [6.45, 7) is 3.71. The second-order valence-electron chi connectivity index (χ2n) is 10.9. The number of amides is 1. The second kappa shape index (κ2) is 10.2. The predicted octanol–water partition coefficient (Wildman–Crippen LogP) is 3.39. The van der Waals surface area contributed by atoms with Gasteiger partial charge in [0.25, 0.3) is 0 Å². The highest BCUT2D eigenvalue weighted by atomic mass is 16.5. The van der Waals surface area contributed by atoms with Crippen LogP contribution in [0.25, 0.3) is 10.8 Å². The summed E-state index contributed by atoms with van der Waals surface area (Å²) in [5, 5.41) is 21.4. The molecule has 202 valence electrons. The number of ether oxygens (including phenoxy) is 1. The number of nitrogens with zero attached hydrogens (tertiary/aromatic N) is 6. The Labute approximate surface area is 227 Å². The number of carbonyl (C=O) groups is 1. The van der Waals surface area contributed by atoms with Crippen molar-refractivity contribution in [3.63, 3.8) is 0 Å². The van der Waals surface area contributed by atoms with Crippen molar-refractivity contribution in [1.82, 2.24) is 14.9 Å². The Morgan fingerprint density at radius 3 is 2.72 bits per heavy atom. The second-order valence-corrected chi connectivity index (χ2v) is 10.9. The molecule has 1 aliphatic carbocycles. The van der Waals surface area contributed by atoms with E-state index in [0.29, 0.717) is 45.3 Å². The van der Waals surface area contributed by atoms with Crippen LogP contribution < -0.4 is 20.3 Å². The number of nitrogens with two attached hydrogens (primary N) is 1. The van der Waals surface area contributed by atoms with Crippen molar-refractivity contribution in [3.8, 4) is 12.1 Å². The smallest absolute Gasteiger partial charge is 0.407 e. The van der Waals surface area contributed by atoms with Gasteiger partial charge >= 0.3 is 12.1 Å². The van der Waals surface area contributed by atoms with E-state index in [2.05, 4.69) is 58.3 Å². The van der Waals surface area contributed by atoms with E-state index < -0.39 is 12.1 Å². The van der Waals surface area contributed by atoms with Gasteiger partial charge in [0.1, 0.15) is 5.82 Å². The molecule has 3 N–H and O–H groups in total. The summed E-state index contributed by atoms with van der Waals surface area (Å²) in [7, 11) is 0. The maximum absolute atomic E-state index is 11.8. The van der Waals surface area contributed by atoms with E-state index in [9.17, 15) is 15.2 Å². The van der Waals surface area contributed by atoms with Crippen molar-refractivity contribution >= 4 is 28.4 Å². The number of benzene rings is 2. The number of anilines is 2. The Bertz CT molecular complexity index is 1430. The summed E-state index contributed by atoms with van der Waals surface area (Å²) in [6, 6.07) is 16.8. The average molecular weight is 528 g/mol. The first-order chi connectivity index (χ1) is 19.0. The van der Waals surface area contributed by atoms with Gasteiger partial charge in [0, 0.05) is 54.8 Å². The van der Waals surface area contributed by atoms with Crippen LogP contribution in [0, 0.1) is 16.7 Å². The van der Waals surface area contributed by atoms with Gasteiger partial charge in [0.15, 0.2) is 0 Å². The van der Waals surface area contributed by atoms with E-state index in [1.807, 2.05) is 0 Å². The molecule has 3 aromatic rings. The number of hydrogen-bond donors (Lipinski definition) is 2. The Morgan fingerprint density at radius 2 is 1.95 bits per heavy atom. The van der Waals surface area contributed by atoms with E-state index in [1.54, 1.807) is 0 Å². The number of hydrogen-bond acceptors (Lipinski definition) is 8. The fourth-order valence-corrected chi connectivity index (χ4v) is 5.79. The molecule has 1 atom stereocenters. The van der Waals surface area contributed by atoms with Crippen LogP contribution in [0.2, 0.25) is 0 Å². The maximum atomic E-state index is 11.8. The zero-order chi connectivity index (χ0) is 27.0. The standard InChI is InChI=1S/C29H33N7O3/c30-12-8-21-16-35(14-15-36(21)28(37)38)26-23-9-13-34(25-7-3-5-20-4-1-2-6-22(20)25)17-24(23)32-27(33-26)39-19-29(18-31)10-11-29/h1-7,21H,8-11,13-19,31H2,(H,37,38). The van der Waals surface area contributed by atoms with Crippen molar-refractivity contribution in [2.45, 2.75) is 38.3 Å². The fourth-order valence-electron chi connectivity index (χ4n) is 5.79. The van der Waals surface area contributed by atoms with Gasteiger partial charge in [-0.25, -0.2) is 4.79 Å². The molecule has 1 saturated heterocycles. The third-order valence-electron chi connectivity index (χ3n) is 8.38. The molecule has 0 spiro atoms. The Kier molecular flexibility index (Phi) is 6.61. The zero-order valence-electron chi connectivity index (χ0n) is 21.9. The number of rotatable bonds is 7. The van der Waals surface area contributed by atoms with Crippen LogP contribution in [-0.2, 0) is 13.0 Å². The highest BCUT2D eigenvalue weighted by Gasteiger charge is 2.42. The predicted molar refractivity (Wildman–Crippen MR) is 148 cm³/mol. The van der Waals surface area contributed by atoms with Crippen molar-refractivity contribution in [1.29, 1.82) is 5.26 Å². The van der Waals surface area contributed by atoms with E-state index in [1.165, 1.54) is 21.4 Å². The molecule has 1 amide bonds. The lowest BCUT2D eigenvalue weighted by molar-refractivity contribution is 0.119. The highest BCUT2D eigenvalue weighted by molar-refractivity contribution is 5.94. The summed E-state index contributed by atoms with van der Waals surface area (Å²) >= 11 is 0. The van der Waals surface area contributed by atoms with Crippen LogP contribution in [0.1, 0.15) is 30.5 Å². The summed E-state index contributed by atoms with van der Waals surface area (Å²) in [5.41, 5.74) is 9.16. The Balaban J connectivity index is 1.34. The van der Waals surface area contributed by atoms with Gasteiger partial charge in [-0.15, -0.1) is 0 Å². The minimum atomic E-state index is -0.995. The van der Waals surface area contributed by atoms with E-state index in [-0.39, 0.29) is 11.8 Å². The van der Waals surface area contributed by atoms with Crippen molar-refractivity contribution < 1.29 is 14.6 Å². The minimum Gasteiger partial charge on any atom is -0.465 e. The number of carboxylic acid groups (broad SMARTS) is 1. The van der Waals surface area contributed by atoms with Gasteiger partial charge in [-0.3, -0.25) is 0 Å². The molecule has 3 aliphatic rings. The van der Waals surface area contributed by atoms with Crippen molar-refractivity contribution in [2.75, 3.05) is 49.1 Å². The van der Waals surface area contributed by atoms with E-state index in [0.717, 1.165) is 42.9 Å². The Hall–Kier alpha value is -4.10. The van der Waals surface area contributed by atoms with Crippen LogP contribution in [0.5, 0.6) is 6.01 Å². The third kappa shape index (κ3) is 4.90. The summed E-state index contributed by atoms with van der Waals surface area (Å²) in [4.78, 5) is 27.4. The molecular weight excluding hydrogens is 494 g/mol. The fraction of sp³-hybridized carbons (Fsp3) is 0.448. The number of piperazine rings is 1. The number of fused-ring (bicyclic) bond motifs is 2. The summed E-state index contributed by atoms with van der Waals surface area (Å²) < 4.78 is 6.16. The van der Waals surface area contributed by atoms with Crippen molar-refractivity contribution in [2.24, 2.45) is 11.1 Å². The molecule has 0 bridgehead atoms. The van der Waals surface area contributed by atoms with Gasteiger partial charge < -0.3 is 30.3 Å². The lowest BCUT2D eigenvalue weighted by atomic mass is 10.0. The van der Waals surface area contributed by atoms with Gasteiger partial charge in [0.05, 0.1) is 37.4 Å². The van der Waals surface area contributed by atoms with Gasteiger partial charge in [0.2, 0.25) is 0 Å².